The number of ether oxygens (including phenoxy) is 1. The van der Waals surface area contributed by atoms with Crippen molar-refractivity contribution in [3.05, 3.63) is 45.4 Å². The van der Waals surface area contributed by atoms with Crippen molar-refractivity contribution < 1.29 is 9.84 Å². The third kappa shape index (κ3) is 3.05. The molecule has 3 nitrogen and oxygen atoms in total. The molecule has 0 fully saturated rings. The van der Waals surface area contributed by atoms with Crippen LogP contribution in [0.1, 0.15) is 21.1 Å². The molecule has 2 rings (SSSR count). The normalized spacial score (nSPS) is 10.5. The van der Waals surface area contributed by atoms with Gasteiger partial charge in [0.2, 0.25) is 0 Å². The highest BCUT2D eigenvalue weighted by Crippen LogP contribution is 2.19. The highest BCUT2D eigenvalue weighted by atomic mass is 32.1. The molecule has 0 saturated carbocycles. The van der Waals surface area contributed by atoms with Crippen molar-refractivity contribution in [3.8, 4) is 5.75 Å². The molecule has 4 heteroatoms. The number of aromatic nitrogens is 1. The molecule has 0 amide bonds. The van der Waals surface area contributed by atoms with Crippen LogP contribution in [0.5, 0.6) is 5.75 Å². The molecule has 1 aromatic carbocycles. The fraction of sp³-hybridized carbons (Fsp3) is 0.308. The Morgan fingerprint density at radius 2 is 1.94 bits per heavy atom. The van der Waals surface area contributed by atoms with E-state index in [0.717, 1.165) is 22.0 Å². The van der Waals surface area contributed by atoms with Crippen LogP contribution >= 0.6 is 11.3 Å². The molecule has 0 unspecified atom stereocenters. The van der Waals surface area contributed by atoms with Crippen LogP contribution in [-0.4, -0.2) is 10.1 Å². The van der Waals surface area contributed by atoms with E-state index in [1.165, 1.54) is 4.88 Å². The number of hydrogen-bond acceptors (Lipinski definition) is 4. The molecule has 0 aliphatic heterocycles. The second-order valence-corrected chi connectivity index (χ2v) is 5.13. The topological polar surface area (TPSA) is 42.4 Å². The van der Waals surface area contributed by atoms with Crippen molar-refractivity contribution in [3.63, 3.8) is 0 Å². The summed E-state index contributed by atoms with van der Waals surface area (Å²) in [7, 11) is 0. The SMILES string of the molecule is Cc1nc(COc2ccc(CO)cc2)sc1C. The predicted octanol–water partition coefficient (Wildman–Crippen LogP) is 2.83. The lowest BCUT2D eigenvalue weighted by Gasteiger charge is -2.04. The molecule has 2 aromatic rings. The second-order valence-electron chi connectivity index (χ2n) is 3.84. The van der Waals surface area contributed by atoms with Crippen LogP contribution in [0.25, 0.3) is 0 Å². The molecule has 1 N–H and O–H groups in total. The summed E-state index contributed by atoms with van der Waals surface area (Å²) in [5.74, 6) is 0.799. The number of aliphatic hydroxyl groups is 1. The quantitative estimate of drug-likeness (QED) is 0.906. The smallest absolute Gasteiger partial charge is 0.140 e. The summed E-state index contributed by atoms with van der Waals surface area (Å²) in [6, 6.07) is 7.43. The van der Waals surface area contributed by atoms with Gasteiger partial charge in [-0.15, -0.1) is 11.3 Å². The first-order chi connectivity index (χ1) is 8.19. The summed E-state index contributed by atoms with van der Waals surface area (Å²) in [6.07, 6.45) is 0. The van der Waals surface area contributed by atoms with E-state index < -0.39 is 0 Å². The fourth-order valence-electron chi connectivity index (χ4n) is 1.44. The van der Waals surface area contributed by atoms with Gasteiger partial charge >= 0.3 is 0 Å². The Morgan fingerprint density at radius 3 is 2.47 bits per heavy atom. The minimum absolute atomic E-state index is 0.0607. The maximum absolute atomic E-state index is 8.92. The second kappa shape index (κ2) is 5.29. The molecule has 0 atom stereocenters. The molecule has 1 heterocycles. The van der Waals surface area contributed by atoms with E-state index in [2.05, 4.69) is 11.9 Å². The van der Waals surface area contributed by atoms with E-state index in [1.54, 1.807) is 11.3 Å². The van der Waals surface area contributed by atoms with Crippen molar-refractivity contribution in [1.82, 2.24) is 4.98 Å². The highest BCUT2D eigenvalue weighted by Gasteiger charge is 2.04. The third-order valence-electron chi connectivity index (χ3n) is 2.54. The van der Waals surface area contributed by atoms with Crippen molar-refractivity contribution in [2.45, 2.75) is 27.1 Å². The number of benzene rings is 1. The molecule has 0 aliphatic rings. The van der Waals surface area contributed by atoms with Gasteiger partial charge in [0, 0.05) is 4.88 Å². The van der Waals surface area contributed by atoms with Gasteiger partial charge in [-0.3, -0.25) is 0 Å². The van der Waals surface area contributed by atoms with Crippen LogP contribution in [0.4, 0.5) is 0 Å². The summed E-state index contributed by atoms with van der Waals surface area (Å²) in [6.45, 7) is 4.63. The summed E-state index contributed by atoms with van der Waals surface area (Å²) in [5, 5.41) is 9.91. The van der Waals surface area contributed by atoms with Gasteiger partial charge in [-0.05, 0) is 31.5 Å². The summed E-state index contributed by atoms with van der Waals surface area (Å²) in [4.78, 5) is 5.65. The van der Waals surface area contributed by atoms with E-state index in [-0.39, 0.29) is 6.61 Å². The van der Waals surface area contributed by atoms with E-state index in [0.29, 0.717) is 6.61 Å². The zero-order valence-corrected chi connectivity index (χ0v) is 10.8. The molecule has 0 bridgehead atoms. The van der Waals surface area contributed by atoms with Crippen LogP contribution in [-0.2, 0) is 13.2 Å². The number of aliphatic hydroxyl groups excluding tert-OH is 1. The van der Waals surface area contributed by atoms with Crippen molar-refractivity contribution in [2.24, 2.45) is 0 Å². The molecular weight excluding hydrogens is 234 g/mol. The van der Waals surface area contributed by atoms with Gasteiger partial charge < -0.3 is 9.84 Å². The maximum Gasteiger partial charge on any atom is 0.140 e. The average molecular weight is 249 g/mol. The lowest BCUT2D eigenvalue weighted by molar-refractivity contribution is 0.280. The van der Waals surface area contributed by atoms with Gasteiger partial charge in [-0.25, -0.2) is 4.98 Å². The van der Waals surface area contributed by atoms with Crippen LogP contribution in [0, 0.1) is 13.8 Å². The van der Waals surface area contributed by atoms with Crippen LogP contribution < -0.4 is 4.74 Å². The third-order valence-corrected chi connectivity index (χ3v) is 3.59. The molecular formula is C13H15NO2S. The van der Waals surface area contributed by atoms with Crippen molar-refractivity contribution in [2.75, 3.05) is 0 Å². The molecule has 1 aromatic heterocycles. The van der Waals surface area contributed by atoms with E-state index >= 15 is 0 Å². The van der Waals surface area contributed by atoms with Gasteiger partial charge in [-0.1, -0.05) is 12.1 Å². The minimum atomic E-state index is 0.0607. The lowest BCUT2D eigenvalue weighted by Crippen LogP contribution is -1.95. The lowest BCUT2D eigenvalue weighted by atomic mass is 10.2. The van der Waals surface area contributed by atoms with Crippen LogP contribution in [0.15, 0.2) is 24.3 Å². The van der Waals surface area contributed by atoms with Gasteiger partial charge in [0.15, 0.2) is 0 Å². The number of thiazole rings is 1. The summed E-state index contributed by atoms with van der Waals surface area (Å²) in [5.41, 5.74) is 1.96. The first kappa shape index (κ1) is 12.1. The van der Waals surface area contributed by atoms with Crippen LogP contribution in [0.3, 0.4) is 0 Å². The van der Waals surface area contributed by atoms with E-state index in [4.69, 9.17) is 9.84 Å². The van der Waals surface area contributed by atoms with Gasteiger partial charge in [0.05, 0.1) is 12.3 Å². The largest absolute Gasteiger partial charge is 0.486 e. The first-order valence-corrected chi connectivity index (χ1v) is 6.26. The number of aryl methyl sites for hydroxylation is 2. The molecule has 0 aliphatic carbocycles. The average Bonchev–Trinajstić information content (AvgIpc) is 2.67. The summed E-state index contributed by atoms with van der Waals surface area (Å²) >= 11 is 1.67. The maximum atomic E-state index is 8.92. The monoisotopic (exact) mass is 249 g/mol. The minimum Gasteiger partial charge on any atom is -0.486 e. The Bertz CT molecular complexity index is 471. The summed E-state index contributed by atoms with van der Waals surface area (Å²) < 4.78 is 5.63. The number of nitrogens with zero attached hydrogens (tertiary/aromatic N) is 1. The fourth-order valence-corrected chi connectivity index (χ4v) is 2.28. The Morgan fingerprint density at radius 1 is 1.24 bits per heavy atom. The Balaban J connectivity index is 1.97. The van der Waals surface area contributed by atoms with Crippen molar-refractivity contribution in [1.29, 1.82) is 0 Å². The Labute approximate surface area is 105 Å². The predicted molar refractivity (Wildman–Crippen MR) is 68.3 cm³/mol. The zero-order chi connectivity index (χ0) is 12.3. The van der Waals surface area contributed by atoms with Gasteiger partial charge in [0.1, 0.15) is 17.4 Å². The standard InChI is InChI=1S/C13H15NO2S/c1-9-10(2)17-13(14-9)8-16-12-5-3-11(7-15)4-6-12/h3-6,15H,7-8H2,1-2H3. The van der Waals surface area contributed by atoms with Gasteiger partial charge in [-0.2, -0.15) is 0 Å². The molecule has 0 saturated heterocycles. The molecule has 90 valence electrons. The first-order valence-electron chi connectivity index (χ1n) is 5.44. The Hall–Kier alpha value is -1.39. The van der Waals surface area contributed by atoms with Crippen LogP contribution in [0.2, 0.25) is 0 Å². The number of hydrogen-bond donors (Lipinski definition) is 1. The van der Waals surface area contributed by atoms with E-state index in [1.807, 2.05) is 31.2 Å². The Kier molecular flexibility index (Phi) is 3.76. The molecule has 0 spiro atoms. The van der Waals surface area contributed by atoms with E-state index in [9.17, 15) is 0 Å². The molecule has 17 heavy (non-hydrogen) atoms. The zero-order valence-electron chi connectivity index (χ0n) is 9.93. The number of rotatable bonds is 4. The highest BCUT2D eigenvalue weighted by molar-refractivity contribution is 7.11. The van der Waals surface area contributed by atoms with Crippen molar-refractivity contribution >= 4 is 11.3 Å². The van der Waals surface area contributed by atoms with Gasteiger partial charge in [0.25, 0.3) is 0 Å². The molecule has 0 radical (unpaired) electrons.